The molecule has 0 amide bonds. The topological polar surface area (TPSA) is 87.2 Å². The van der Waals surface area contributed by atoms with Crippen LogP contribution in [0.3, 0.4) is 0 Å². The van der Waals surface area contributed by atoms with Crippen molar-refractivity contribution in [3.63, 3.8) is 0 Å². The van der Waals surface area contributed by atoms with Crippen LogP contribution in [0.4, 0.5) is 11.6 Å². The summed E-state index contributed by atoms with van der Waals surface area (Å²) in [6, 6.07) is 6.47. The van der Waals surface area contributed by atoms with Gasteiger partial charge in [0.15, 0.2) is 0 Å². The minimum absolute atomic E-state index is 0.149. The van der Waals surface area contributed by atoms with Crippen LogP contribution in [0.2, 0.25) is 5.02 Å². The van der Waals surface area contributed by atoms with E-state index in [1.807, 2.05) is 32.8 Å². The van der Waals surface area contributed by atoms with Crippen LogP contribution in [0.15, 0.2) is 29.2 Å². The van der Waals surface area contributed by atoms with Crippen molar-refractivity contribution in [3.8, 4) is 0 Å². The molecule has 0 radical (unpaired) electrons. The Labute approximate surface area is 153 Å². The van der Waals surface area contributed by atoms with Crippen LogP contribution in [-0.2, 0) is 10.0 Å². The van der Waals surface area contributed by atoms with E-state index in [0.717, 1.165) is 11.4 Å². The molecule has 2 aromatic rings. The first-order chi connectivity index (χ1) is 11.7. The van der Waals surface area contributed by atoms with Gasteiger partial charge in [0.1, 0.15) is 17.5 Å². The molecular formula is C16H22ClN5O2S. The highest BCUT2D eigenvalue weighted by atomic mass is 35.5. The van der Waals surface area contributed by atoms with Crippen LogP contribution in [0, 0.1) is 13.8 Å². The number of aryl methyl sites for hydroxylation is 2. The highest BCUT2D eigenvalue weighted by molar-refractivity contribution is 7.89. The van der Waals surface area contributed by atoms with Crippen molar-refractivity contribution in [3.05, 3.63) is 40.7 Å². The fourth-order valence-electron chi connectivity index (χ4n) is 2.07. The molecule has 2 rings (SSSR count). The van der Waals surface area contributed by atoms with Crippen LogP contribution in [0.5, 0.6) is 0 Å². The van der Waals surface area contributed by atoms with Gasteiger partial charge in [-0.1, -0.05) is 17.7 Å². The monoisotopic (exact) mass is 383 g/mol. The molecule has 1 heterocycles. The molecule has 0 spiro atoms. The summed E-state index contributed by atoms with van der Waals surface area (Å²) in [7, 11) is 0.191. The number of hydrogen-bond donors (Lipinski definition) is 2. The lowest BCUT2D eigenvalue weighted by molar-refractivity contribution is 0.583. The second-order valence-electron chi connectivity index (χ2n) is 5.79. The molecule has 0 aliphatic carbocycles. The largest absolute Gasteiger partial charge is 0.369 e. The van der Waals surface area contributed by atoms with Gasteiger partial charge in [-0.15, -0.1) is 0 Å². The fourth-order valence-corrected chi connectivity index (χ4v) is 3.37. The maximum Gasteiger partial charge on any atom is 0.240 e. The summed E-state index contributed by atoms with van der Waals surface area (Å²) < 4.78 is 27.1. The third-order valence-electron chi connectivity index (χ3n) is 3.46. The Hall–Kier alpha value is -1.90. The summed E-state index contributed by atoms with van der Waals surface area (Å²) in [4.78, 5) is 10.6. The molecule has 0 aliphatic heterocycles. The minimum Gasteiger partial charge on any atom is -0.369 e. The molecule has 0 unspecified atom stereocenters. The van der Waals surface area contributed by atoms with E-state index in [4.69, 9.17) is 11.6 Å². The Bertz CT molecular complexity index is 856. The summed E-state index contributed by atoms with van der Waals surface area (Å²) in [5.41, 5.74) is 0.832. The SMILES string of the molecule is Cc1nc(NCCNS(=O)(=O)c2ccc(C)c(Cl)c2)cc(N(C)C)n1. The fraction of sp³-hybridized carbons (Fsp3) is 0.375. The molecule has 136 valence electrons. The molecule has 0 saturated carbocycles. The van der Waals surface area contributed by atoms with Gasteiger partial charge in [-0.2, -0.15) is 0 Å². The van der Waals surface area contributed by atoms with Gasteiger partial charge in [0, 0.05) is 38.3 Å². The zero-order chi connectivity index (χ0) is 18.6. The Morgan fingerprint density at radius 2 is 1.84 bits per heavy atom. The van der Waals surface area contributed by atoms with Crippen molar-refractivity contribution < 1.29 is 8.42 Å². The van der Waals surface area contributed by atoms with Crippen LogP contribution in [0.25, 0.3) is 0 Å². The second-order valence-corrected chi connectivity index (χ2v) is 7.96. The van der Waals surface area contributed by atoms with E-state index in [1.165, 1.54) is 12.1 Å². The van der Waals surface area contributed by atoms with E-state index in [9.17, 15) is 8.42 Å². The lowest BCUT2D eigenvalue weighted by Crippen LogP contribution is -2.29. The molecule has 2 N–H and O–H groups in total. The number of benzene rings is 1. The predicted octanol–water partition coefficient (Wildman–Crippen LogP) is 2.20. The van der Waals surface area contributed by atoms with E-state index in [0.29, 0.717) is 23.2 Å². The van der Waals surface area contributed by atoms with Crippen molar-refractivity contribution in [1.82, 2.24) is 14.7 Å². The maximum absolute atomic E-state index is 12.3. The first-order valence-corrected chi connectivity index (χ1v) is 9.58. The predicted molar refractivity (Wildman–Crippen MR) is 101 cm³/mol. The Morgan fingerprint density at radius 1 is 1.12 bits per heavy atom. The van der Waals surface area contributed by atoms with Crippen molar-refractivity contribution in [2.45, 2.75) is 18.7 Å². The molecule has 0 aliphatic rings. The Morgan fingerprint density at radius 3 is 2.48 bits per heavy atom. The average Bonchev–Trinajstić information content (AvgIpc) is 2.53. The maximum atomic E-state index is 12.3. The number of aromatic nitrogens is 2. The van der Waals surface area contributed by atoms with Crippen LogP contribution < -0.4 is 14.9 Å². The molecule has 0 bridgehead atoms. The van der Waals surface area contributed by atoms with Crippen LogP contribution >= 0.6 is 11.6 Å². The highest BCUT2D eigenvalue weighted by Crippen LogP contribution is 2.19. The number of nitrogens with one attached hydrogen (secondary N) is 2. The molecule has 0 fully saturated rings. The smallest absolute Gasteiger partial charge is 0.240 e. The lowest BCUT2D eigenvalue weighted by Gasteiger charge is -2.14. The summed E-state index contributed by atoms with van der Waals surface area (Å²) in [6.07, 6.45) is 0. The number of halogens is 1. The van der Waals surface area contributed by atoms with Gasteiger partial charge in [0.05, 0.1) is 4.90 Å². The normalized spacial score (nSPS) is 11.4. The number of sulfonamides is 1. The highest BCUT2D eigenvalue weighted by Gasteiger charge is 2.14. The second kappa shape index (κ2) is 7.99. The summed E-state index contributed by atoms with van der Waals surface area (Å²) >= 11 is 5.99. The molecule has 0 saturated heterocycles. The summed E-state index contributed by atoms with van der Waals surface area (Å²) in [6.45, 7) is 4.24. The summed E-state index contributed by atoms with van der Waals surface area (Å²) in [5.74, 6) is 2.07. The number of nitrogens with zero attached hydrogens (tertiary/aromatic N) is 3. The molecule has 9 heteroatoms. The zero-order valence-electron chi connectivity index (χ0n) is 14.7. The minimum atomic E-state index is -3.60. The van der Waals surface area contributed by atoms with Crippen LogP contribution in [-0.4, -0.2) is 45.6 Å². The van der Waals surface area contributed by atoms with Crippen molar-refractivity contribution >= 4 is 33.3 Å². The first-order valence-electron chi connectivity index (χ1n) is 7.72. The number of anilines is 2. The average molecular weight is 384 g/mol. The molecule has 0 atom stereocenters. The van der Waals surface area contributed by atoms with Crippen molar-refractivity contribution in [2.75, 3.05) is 37.4 Å². The van der Waals surface area contributed by atoms with Crippen LogP contribution in [0.1, 0.15) is 11.4 Å². The Kier molecular flexibility index (Phi) is 6.21. The quantitative estimate of drug-likeness (QED) is 0.713. The third-order valence-corrected chi connectivity index (χ3v) is 5.33. The molecular weight excluding hydrogens is 362 g/mol. The first kappa shape index (κ1) is 19.4. The molecule has 25 heavy (non-hydrogen) atoms. The van der Waals surface area contributed by atoms with E-state index in [1.54, 1.807) is 12.1 Å². The van der Waals surface area contributed by atoms with E-state index in [-0.39, 0.29) is 11.4 Å². The van der Waals surface area contributed by atoms with Gasteiger partial charge < -0.3 is 10.2 Å². The Balaban J connectivity index is 1.95. The lowest BCUT2D eigenvalue weighted by atomic mass is 10.2. The number of hydrogen-bond acceptors (Lipinski definition) is 6. The standard InChI is InChI=1S/C16H22ClN5O2S/c1-11-5-6-13(9-14(11)17)25(23,24)19-8-7-18-15-10-16(22(3)4)21-12(2)20-15/h5-6,9-10,19H,7-8H2,1-4H3,(H,18,20,21). The summed E-state index contributed by atoms with van der Waals surface area (Å²) in [5, 5.41) is 3.52. The van der Waals surface area contributed by atoms with Gasteiger partial charge in [-0.25, -0.2) is 23.1 Å². The van der Waals surface area contributed by atoms with E-state index in [2.05, 4.69) is 20.0 Å². The van der Waals surface area contributed by atoms with Gasteiger partial charge >= 0.3 is 0 Å². The van der Waals surface area contributed by atoms with Crippen molar-refractivity contribution in [1.29, 1.82) is 0 Å². The van der Waals surface area contributed by atoms with Gasteiger partial charge in [0.25, 0.3) is 0 Å². The molecule has 1 aromatic carbocycles. The molecule has 7 nitrogen and oxygen atoms in total. The third kappa shape index (κ3) is 5.29. The zero-order valence-corrected chi connectivity index (χ0v) is 16.2. The van der Waals surface area contributed by atoms with E-state index >= 15 is 0 Å². The van der Waals surface area contributed by atoms with Gasteiger partial charge in [0.2, 0.25) is 10.0 Å². The van der Waals surface area contributed by atoms with Crippen molar-refractivity contribution in [2.24, 2.45) is 0 Å². The number of rotatable bonds is 7. The van der Waals surface area contributed by atoms with Gasteiger partial charge in [-0.05, 0) is 31.5 Å². The van der Waals surface area contributed by atoms with E-state index < -0.39 is 10.0 Å². The van der Waals surface area contributed by atoms with Gasteiger partial charge in [-0.3, -0.25) is 0 Å². The molecule has 1 aromatic heterocycles.